The van der Waals surface area contributed by atoms with Gasteiger partial charge in [0.25, 0.3) is 0 Å². The first-order chi connectivity index (χ1) is 15.2. The van der Waals surface area contributed by atoms with E-state index < -0.39 is 5.97 Å². The number of ether oxygens (including phenoxy) is 4. The zero-order chi connectivity index (χ0) is 23.8. The van der Waals surface area contributed by atoms with Crippen LogP contribution in [0, 0.1) is 0 Å². The number of unbranched alkanes of at least 4 members (excludes halogenated alkanes) is 1. The fourth-order valence-electron chi connectivity index (χ4n) is 2.97. The third kappa shape index (κ3) is 6.52. The molecule has 2 unspecified atom stereocenters. The largest absolute Gasteiger partial charge is 0.483 e. The summed E-state index contributed by atoms with van der Waals surface area (Å²) < 4.78 is 23.8. The van der Waals surface area contributed by atoms with Crippen LogP contribution in [0.1, 0.15) is 73.6 Å². The van der Waals surface area contributed by atoms with Gasteiger partial charge in [-0.1, -0.05) is 38.8 Å². The van der Waals surface area contributed by atoms with E-state index in [4.69, 9.17) is 30.5 Å². The molecule has 0 heterocycles. The van der Waals surface area contributed by atoms with Gasteiger partial charge >= 0.3 is 11.9 Å². The van der Waals surface area contributed by atoms with Crippen molar-refractivity contribution in [2.45, 2.75) is 85.9 Å². The lowest BCUT2D eigenvalue weighted by Crippen LogP contribution is -2.18. The van der Waals surface area contributed by atoms with Gasteiger partial charge in [-0.05, 0) is 51.3 Å². The summed E-state index contributed by atoms with van der Waals surface area (Å²) in [5, 5.41) is 1.49. The normalized spacial score (nSPS) is 12.8. The molecule has 0 bridgehead atoms. The zero-order valence-electron chi connectivity index (χ0n) is 19.7. The number of benzene rings is 2. The molecular weight excluding hydrogens is 432 g/mol. The van der Waals surface area contributed by atoms with E-state index in [0.717, 1.165) is 6.42 Å². The van der Waals surface area contributed by atoms with Crippen molar-refractivity contribution in [1.29, 1.82) is 0 Å². The van der Waals surface area contributed by atoms with Gasteiger partial charge in [-0.3, -0.25) is 9.59 Å². The molecular formula is C25H33ClO6. The van der Waals surface area contributed by atoms with Crippen molar-refractivity contribution in [2.75, 3.05) is 0 Å². The highest BCUT2D eigenvalue weighted by molar-refractivity contribution is 6.31. The molecule has 0 N–H and O–H groups in total. The van der Waals surface area contributed by atoms with E-state index in [-0.39, 0.29) is 47.6 Å². The second-order valence-electron chi connectivity index (χ2n) is 7.85. The first kappa shape index (κ1) is 25.8. The highest BCUT2D eigenvalue weighted by Gasteiger charge is 2.29. The van der Waals surface area contributed by atoms with Crippen molar-refractivity contribution >= 4 is 34.3 Å². The summed E-state index contributed by atoms with van der Waals surface area (Å²) in [4.78, 5) is 24.6. The maximum absolute atomic E-state index is 12.6. The van der Waals surface area contributed by atoms with Gasteiger partial charge in [0.1, 0.15) is 0 Å². The fraction of sp³-hybridized carbons (Fsp3) is 0.520. The Balaban J connectivity index is 2.87. The van der Waals surface area contributed by atoms with E-state index in [9.17, 15) is 9.59 Å². The quantitative estimate of drug-likeness (QED) is 0.267. The molecule has 0 aliphatic rings. The van der Waals surface area contributed by atoms with Crippen LogP contribution in [-0.4, -0.2) is 24.1 Å². The smallest absolute Gasteiger partial charge is 0.311 e. The summed E-state index contributed by atoms with van der Waals surface area (Å²) in [6, 6.07) is 5.08. The van der Waals surface area contributed by atoms with Gasteiger partial charge < -0.3 is 18.9 Å². The number of hydrogen-bond donors (Lipinski definition) is 0. The van der Waals surface area contributed by atoms with Crippen LogP contribution in [0.4, 0.5) is 0 Å². The summed E-state index contributed by atoms with van der Waals surface area (Å²) >= 11 is 6.27. The van der Waals surface area contributed by atoms with E-state index in [1.54, 1.807) is 18.2 Å². The van der Waals surface area contributed by atoms with Crippen LogP contribution in [0.25, 0.3) is 10.8 Å². The number of halogens is 1. The highest BCUT2D eigenvalue weighted by Crippen LogP contribution is 2.53. The highest BCUT2D eigenvalue weighted by atomic mass is 35.5. The summed E-state index contributed by atoms with van der Waals surface area (Å²) in [7, 11) is 0. The predicted octanol–water partition coefficient (Wildman–Crippen LogP) is 6.87. The van der Waals surface area contributed by atoms with Crippen molar-refractivity contribution in [1.82, 2.24) is 0 Å². The van der Waals surface area contributed by atoms with Crippen LogP contribution >= 0.6 is 11.6 Å². The van der Waals surface area contributed by atoms with E-state index in [0.29, 0.717) is 35.1 Å². The van der Waals surface area contributed by atoms with E-state index >= 15 is 0 Å². The lowest BCUT2D eigenvalue weighted by molar-refractivity contribution is -0.135. The molecule has 2 rings (SSSR count). The maximum Gasteiger partial charge on any atom is 0.311 e. The summed E-state index contributed by atoms with van der Waals surface area (Å²) in [6.07, 6.45) is 2.89. The summed E-state index contributed by atoms with van der Waals surface area (Å²) in [5.41, 5.74) is 0. The van der Waals surface area contributed by atoms with Crippen molar-refractivity contribution in [2.24, 2.45) is 0 Å². The second-order valence-corrected chi connectivity index (χ2v) is 8.29. The molecule has 6 nitrogen and oxygen atoms in total. The van der Waals surface area contributed by atoms with Gasteiger partial charge in [-0.25, -0.2) is 0 Å². The van der Waals surface area contributed by atoms with Crippen LogP contribution < -0.4 is 18.9 Å². The van der Waals surface area contributed by atoms with Gasteiger partial charge in [-0.2, -0.15) is 0 Å². The first-order valence-corrected chi connectivity index (χ1v) is 11.6. The van der Waals surface area contributed by atoms with Crippen LogP contribution in [0.2, 0.25) is 5.02 Å². The first-order valence-electron chi connectivity index (χ1n) is 11.2. The van der Waals surface area contributed by atoms with Gasteiger partial charge in [0.05, 0.1) is 12.2 Å². The van der Waals surface area contributed by atoms with Crippen LogP contribution in [-0.2, 0) is 9.59 Å². The van der Waals surface area contributed by atoms with Gasteiger partial charge in [0.2, 0.25) is 11.5 Å². The van der Waals surface area contributed by atoms with E-state index in [2.05, 4.69) is 0 Å². The molecule has 0 saturated carbocycles. The molecule has 0 spiro atoms. The third-order valence-electron chi connectivity index (χ3n) is 5.07. The standard InChI is InChI=1S/C25H33ClO6/c1-7-10-11-21(28)32-22-19-13-12-18(26)14-20(19)23(31-17(6)27)25(30-16(5)9-3)24(22)29-15(4)8-2/h12-16H,7-11H2,1-6H3. The predicted molar refractivity (Wildman–Crippen MR) is 126 cm³/mol. The summed E-state index contributed by atoms with van der Waals surface area (Å²) in [6.45, 7) is 11.1. The van der Waals surface area contributed by atoms with E-state index in [1.165, 1.54) is 6.92 Å². The molecule has 2 atom stereocenters. The SMILES string of the molecule is CCCCC(=O)Oc1c(OC(C)CC)c(OC(C)CC)c(OC(C)=O)c2cc(Cl)ccc12. The Labute approximate surface area is 195 Å². The zero-order valence-corrected chi connectivity index (χ0v) is 20.5. The van der Waals surface area contributed by atoms with Crippen molar-refractivity contribution in [3.63, 3.8) is 0 Å². The van der Waals surface area contributed by atoms with Gasteiger partial charge in [0.15, 0.2) is 11.5 Å². The minimum atomic E-state index is -0.512. The minimum absolute atomic E-state index is 0.196. The molecule has 0 aromatic heterocycles. The monoisotopic (exact) mass is 464 g/mol. The molecule has 0 radical (unpaired) electrons. The number of esters is 2. The van der Waals surface area contributed by atoms with Crippen molar-refractivity contribution in [3.05, 3.63) is 23.2 Å². The Morgan fingerprint density at radius 1 is 0.875 bits per heavy atom. The Kier molecular flexibility index (Phi) is 9.63. The average Bonchev–Trinajstić information content (AvgIpc) is 2.76. The average molecular weight is 465 g/mol. The number of rotatable bonds is 11. The Morgan fingerprint density at radius 2 is 1.44 bits per heavy atom. The van der Waals surface area contributed by atoms with Crippen molar-refractivity contribution < 1.29 is 28.5 Å². The molecule has 2 aromatic carbocycles. The van der Waals surface area contributed by atoms with Crippen LogP contribution in [0.5, 0.6) is 23.0 Å². The topological polar surface area (TPSA) is 71.1 Å². The molecule has 0 amide bonds. The lowest BCUT2D eigenvalue weighted by atomic mass is 10.1. The molecule has 0 aliphatic heterocycles. The second kappa shape index (κ2) is 12.0. The molecule has 7 heteroatoms. The number of carbonyl (C=O) groups is 2. The molecule has 176 valence electrons. The van der Waals surface area contributed by atoms with Crippen LogP contribution in [0.15, 0.2) is 18.2 Å². The Morgan fingerprint density at radius 3 is 1.94 bits per heavy atom. The molecule has 2 aromatic rings. The molecule has 0 saturated heterocycles. The van der Waals surface area contributed by atoms with Crippen molar-refractivity contribution in [3.8, 4) is 23.0 Å². The van der Waals surface area contributed by atoms with Gasteiger partial charge in [-0.15, -0.1) is 0 Å². The Hall–Kier alpha value is -2.47. The minimum Gasteiger partial charge on any atom is -0.483 e. The van der Waals surface area contributed by atoms with E-state index in [1.807, 2.05) is 34.6 Å². The number of hydrogen-bond acceptors (Lipinski definition) is 6. The third-order valence-corrected chi connectivity index (χ3v) is 5.31. The fourth-order valence-corrected chi connectivity index (χ4v) is 3.14. The number of carbonyl (C=O) groups excluding carboxylic acids is 2. The summed E-state index contributed by atoms with van der Waals surface area (Å²) in [5.74, 6) is 0.0296. The number of fused-ring (bicyclic) bond motifs is 1. The maximum atomic E-state index is 12.6. The Bertz CT molecular complexity index is 955. The molecule has 32 heavy (non-hydrogen) atoms. The van der Waals surface area contributed by atoms with Crippen LogP contribution in [0.3, 0.4) is 0 Å². The molecule has 0 aliphatic carbocycles. The lowest BCUT2D eigenvalue weighted by Gasteiger charge is -2.25. The van der Waals surface area contributed by atoms with Gasteiger partial charge in [0, 0.05) is 29.1 Å². The molecule has 0 fully saturated rings.